The highest BCUT2D eigenvalue weighted by Crippen LogP contribution is 2.35. The topological polar surface area (TPSA) is 27.7 Å². The van der Waals surface area contributed by atoms with E-state index in [-0.39, 0.29) is 6.10 Å². The average Bonchev–Trinajstić information content (AvgIpc) is 2.52. The third-order valence-electron chi connectivity index (χ3n) is 3.28. The normalized spacial score (nSPS) is 12.8. The lowest BCUT2D eigenvalue weighted by Gasteiger charge is -2.27. The van der Waals surface area contributed by atoms with Crippen LogP contribution in [0.3, 0.4) is 0 Å². The summed E-state index contributed by atoms with van der Waals surface area (Å²) in [5.41, 5.74) is 2.23. The molecule has 0 heterocycles. The van der Waals surface area contributed by atoms with Crippen molar-refractivity contribution in [2.45, 2.75) is 25.7 Å². The highest BCUT2D eigenvalue weighted by atomic mass is 28.4. The van der Waals surface area contributed by atoms with Crippen LogP contribution < -0.4 is 9.47 Å². The Kier molecular flexibility index (Phi) is 5.27. The molecule has 118 valence electrons. The molecule has 0 saturated heterocycles. The predicted octanol–water partition coefficient (Wildman–Crippen LogP) is 4.64. The molecule has 0 aromatic heterocycles. The lowest BCUT2D eigenvalue weighted by Crippen LogP contribution is -2.28. The van der Waals surface area contributed by atoms with E-state index in [4.69, 9.17) is 13.9 Å². The van der Waals surface area contributed by atoms with Gasteiger partial charge in [-0.1, -0.05) is 36.4 Å². The van der Waals surface area contributed by atoms with Crippen LogP contribution in [0, 0.1) is 0 Å². The van der Waals surface area contributed by atoms with Crippen LogP contribution in [0.2, 0.25) is 19.6 Å². The van der Waals surface area contributed by atoms with Gasteiger partial charge in [-0.05, 0) is 42.9 Å². The maximum absolute atomic E-state index is 6.43. The van der Waals surface area contributed by atoms with Crippen LogP contribution >= 0.6 is 0 Å². The van der Waals surface area contributed by atoms with E-state index in [0.717, 1.165) is 22.6 Å². The number of hydrogen-bond donors (Lipinski definition) is 0. The van der Waals surface area contributed by atoms with Gasteiger partial charge in [-0.15, -0.1) is 0 Å². The van der Waals surface area contributed by atoms with Crippen molar-refractivity contribution in [2.24, 2.45) is 0 Å². The van der Waals surface area contributed by atoms with E-state index in [1.807, 2.05) is 36.4 Å². The standard InChI is InChI=1S/C18H24O3Si/c1-19-16-12-11-15(13-17(16)20-2)18(21-22(3,4)5)14-9-7-6-8-10-14/h6-13,18H,1-5H3. The average molecular weight is 316 g/mol. The number of rotatable bonds is 6. The van der Waals surface area contributed by atoms with E-state index in [1.165, 1.54) is 0 Å². The summed E-state index contributed by atoms with van der Waals surface area (Å²) in [6, 6.07) is 16.3. The molecule has 0 radical (unpaired) electrons. The Morgan fingerprint density at radius 1 is 0.773 bits per heavy atom. The lowest BCUT2D eigenvalue weighted by molar-refractivity contribution is 0.238. The number of benzene rings is 2. The van der Waals surface area contributed by atoms with Gasteiger partial charge in [-0.3, -0.25) is 0 Å². The van der Waals surface area contributed by atoms with E-state index in [2.05, 4.69) is 31.8 Å². The third kappa shape index (κ3) is 4.12. The summed E-state index contributed by atoms with van der Waals surface area (Å²) < 4.78 is 17.2. The smallest absolute Gasteiger partial charge is 0.185 e. The molecule has 0 bridgehead atoms. The Balaban J connectivity index is 2.45. The molecule has 3 nitrogen and oxygen atoms in total. The van der Waals surface area contributed by atoms with E-state index >= 15 is 0 Å². The molecule has 0 amide bonds. The van der Waals surface area contributed by atoms with Gasteiger partial charge in [0.15, 0.2) is 19.8 Å². The maximum atomic E-state index is 6.43. The lowest BCUT2D eigenvalue weighted by atomic mass is 10.0. The predicted molar refractivity (Wildman–Crippen MR) is 92.3 cm³/mol. The highest BCUT2D eigenvalue weighted by Gasteiger charge is 2.24. The van der Waals surface area contributed by atoms with Crippen molar-refractivity contribution in [3.8, 4) is 11.5 Å². The first-order valence-electron chi connectivity index (χ1n) is 7.39. The molecular formula is C18H24O3Si. The fourth-order valence-corrected chi connectivity index (χ4v) is 3.31. The largest absolute Gasteiger partial charge is 0.493 e. The zero-order valence-electron chi connectivity index (χ0n) is 13.9. The maximum Gasteiger partial charge on any atom is 0.185 e. The molecule has 0 aliphatic heterocycles. The number of ether oxygens (including phenoxy) is 2. The van der Waals surface area contributed by atoms with Crippen LogP contribution in [-0.2, 0) is 4.43 Å². The molecule has 0 aliphatic rings. The molecule has 1 atom stereocenters. The van der Waals surface area contributed by atoms with Crippen LogP contribution in [0.4, 0.5) is 0 Å². The Bertz CT molecular complexity index is 605. The van der Waals surface area contributed by atoms with E-state index in [9.17, 15) is 0 Å². The number of methoxy groups -OCH3 is 2. The summed E-state index contributed by atoms with van der Waals surface area (Å²) >= 11 is 0. The van der Waals surface area contributed by atoms with Crippen molar-refractivity contribution in [1.29, 1.82) is 0 Å². The highest BCUT2D eigenvalue weighted by molar-refractivity contribution is 6.69. The van der Waals surface area contributed by atoms with Gasteiger partial charge in [0, 0.05) is 0 Å². The summed E-state index contributed by atoms with van der Waals surface area (Å²) in [5, 5.41) is 0. The van der Waals surface area contributed by atoms with Gasteiger partial charge in [0.1, 0.15) is 0 Å². The molecule has 0 aliphatic carbocycles. The Hall–Kier alpha value is -1.78. The van der Waals surface area contributed by atoms with Gasteiger partial charge < -0.3 is 13.9 Å². The molecule has 0 fully saturated rings. The summed E-state index contributed by atoms with van der Waals surface area (Å²) in [7, 11) is 1.59. The van der Waals surface area contributed by atoms with Gasteiger partial charge >= 0.3 is 0 Å². The molecule has 4 heteroatoms. The molecule has 0 saturated carbocycles. The monoisotopic (exact) mass is 316 g/mol. The van der Waals surface area contributed by atoms with Crippen LogP contribution in [0.1, 0.15) is 17.2 Å². The summed E-state index contributed by atoms with van der Waals surface area (Å²) in [6.45, 7) is 6.59. The second-order valence-corrected chi connectivity index (χ2v) is 10.6. The first-order chi connectivity index (χ1) is 10.4. The fourth-order valence-electron chi connectivity index (χ4n) is 2.33. The van der Waals surface area contributed by atoms with Gasteiger partial charge in [-0.2, -0.15) is 0 Å². The minimum Gasteiger partial charge on any atom is -0.493 e. The molecule has 2 aromatic carbocycles. The third-order valence-corrected chi connectivity index (χ3v) is 4.23. The van der Waals surface area contributed by atoms with Crippen molar-refractivity contribution in [2.75, 3.05) is 14.2 Å². The molecule has 1 unspecified atom stereocenters. The van der Waals surface area contributed by atoms with E-state index in [0.29, 0.717) is 0 Å². The van der Waals surface area contributed by atoms with Crippen molar-refractivity contribution < 1.29 is 13.9 Å². The summed E-state index contributed by atoms with van der Waals surface area (Å²) in [5.74, 6) is 1.45. The molecule has 0 spiro atoms. The van der Waals surface area contributed by atoms with Crippen LogP contribution in [0.25, 0.3) is 0 Å². The van der Waals surface area contributed by atoms with Crippen molar-refractivity contribution in [3.05, 3.63) is 59.7 Å². The minimum atomic E-state index is -1.71. The first-order valence-corrected chi connectivity index (χ1v) is 10.8. The van der Waals surface area contributed by atoms with E-state index in [1.54, 1.807) is 14.2 Å². The molecule has 2 aromatic rings. The quantitative estimate of drug-likeness (QED) is 0.726. The van der Waals surface area contributed by atoms with Gasteiger partial charge in [0.2, 0.25) is 0 Å². The Morgan fingerprint density at radius 2 is 1.41 bits per heavy atom. The van der Waals surface area contributed by atoms with Crippen molar-refractivity contribution in [1.82, 2.24) is 0 Å². The molecule has 2 rings (SSSR count). The Morgan fingerprint density at radius 3 is 1.95 bits per heavy atom. The zero-order chi connectivity index (χ0) is 16.2. The minimum absolute atomic E-state index is 0.0901. The summed E-state index contributed by atoms with van der Waals surface area (Å²) in [4.78, 5) is 0. The van der Waals surface area contributed by atoms with Crippen LogP contribution in [0.15, 0.2) is 48.5 Å². The second-order valence-electron chi connectivity index (χ2n) is 6.14. The fraction of sp³-hybridized carbons (Fsp3) is 0.333. The SMILES string of the molecule is COc1ccc(C(O[Si](C)(C)C)c2ccccc2)cc1OC. The van der Waals surface area contributed by atoms with Gasteiger partial charge in [-0.25, -0.2) is 0 Å². The van der Waals surface area contributed by atoms with Crippen molar-refractivity contribution >= 4 is 8.32 Å². The van der Waals surface area contributed by atoms with Crippen LogP contribution in [0.5, 0.6) is 11.5 Å². The zero-order valence-corrected chi connectivity index (χ0v) is 14.9. The molecular weight excluding hydrogens is 292 g/mol. The van der Waals surface area contributed by atoms with E-state index < -0.39 is 8.32 Å². The molecule has 22 heavy (non-hydrogen) atoms. The second kappa shape index (κ2) is 6.98. The Labute approximate surface area is 134 Å². The van der Waals surface area contributed by atoms with Gasteiger partial charge in [0.05, 0.1) is 20.3 Å². The van der Waals surface area contributed by atoms with Crippen molar-refractivity contribution in [3.63, 3.8) is 0 Å². The van der Waals surface area contributed by atoms with Crippen LogP contribution in [-0.4, -0.2) is 22.5 Å². The first kappa shape index (κ1) is 16.6. The summed E-state index contributed by atoms with van der Waals surface area (Å²) in [6.07, 6.45) is -0.0901. The number of hydrogen-bond acceptors (Lipinski definition) is 3. The van der Waals surface area contributed by atoms with Gasteiger partial charge in [0.25, 0.3) is 0 Å². The molecule has 0 N–H and O–H groups in total.